The van der Waals surface area contributed by atoms with Crippen LogP contribution in [0.25, 0.3) is 0 Å². The molecule has 0 spiro atoms. The van der Waals surface area contributed by atoms with Gasteiger partial charge in [-0.2, -0.15) is 13.2 Å². The summed E-state index contributed by atoms with van der Waals surface area (Å²) >= 11 is 0. The lowest BCUT2D eigenvalue weighted by Gasteiger charge is -2.25. The minimum absolute atomic E-state index is 0.0166. The van der Waals surface area contributed by atoms with Crippen molar-refractivity contribution in [3.63, 3.8) is 0 Å². The number of fused-ring (bicyclic) bond motifs is 1. The smallest absolute Gasteiger partial charge is 0.405 e. The number of carbonyl (C=O) groups is 1. The van der Waals surface area contributed by atoms with Gasteiger partial charge in [-0.05, 0) is 42.7 Å². The van der Waals surface area contributed by atoms with Crippen LogP contribution in [0.5, 0.6) is 5.88 Å². The van der Waals surface area contributed by atoms with Crippen molar-refractivity contribution in [2.45, 2.75) is 25.6 Å². The molecule has 1 aliphatic heterocycles. The van der Waals surface area contributed by atoms with Crippen LogP contribution >= 0.6 is 0 Å². The lowest BCUT2D eigenvalue weighted by atomic mass is 10.0. The summed E-state index contributed by atoms with van der Waals surface area (Å²) in [6.45, 7) is 0.754. The number of halogens is 4. The number of ether oxygens (including phenoxy) is 1. The van der Waals surface area contributed by atoms with Crippen molar-refractivity contribution in [2.24, 2.45) is 0 Å². The van der Waals surface area contributed by atoms with E-state index < -0.39 is 24.4 Å². The molecule has 1 aromatic carbocycles. The maximum absolute atomic E-state index is 13.1. The molecule has 5 nitrogen and oxygen atoms in total. The zero-order valence-corrected chi connectivity index (χ0v) is 14.4. The van der Waals surface area contributed by atoms with Gasteiger partial charge in [-0.1, -0.05) is 12.1 Å². The molecular formula is C18H17F4N3O2. The van der Waals surface area contributed by atoms with Crippen molar-refractivity contribution in [1.82, 2.24) is 10.3 Å². The zero-order chi connectivity index (χ0) is 19.6. The normalized spacial score (nSPS) is 16.1. The van der Waals surface area contributed by atoms with Crippen LogP contribution in [0.2, 0.25) is 0 Å². The molecule has 0 bridgehead atoms. The molecular weight excluding hydrogens is 366 g/mol. The average Bonchev–Trinajstić information content (AvgIpc) is 2.60. The number of nitrogens with zero attached hydrogens (tertiary/aromatic N) is 1. The number of amides is 1. The second-order valence-electron chi connectivity index (χ2n) is 6.31. The number of nitrogens with one attached hydrogen (secondary N) is 2. The highest BCUT2D eigenvalue weighted by Gasteiger charge is 2.29. The lowest BCUT2D eigenvalue weighted by Crippen LogP contribution is -2.35. The SMILES string of the molecule is C[C@H]1COc2nc(C(=O)NCC(F)(F)F)c(Cc3ccc(F)cc3)cc2N1. The van der Waals surface area contributed by atoms with E-state index in [-0.39, 0.29) is 24.0 Å². The maximum Gasteiger partial charge on any atom is 0.405 e. The summed E-state index contributed by atoms with van der Waals surface area (Å²) in [6.07, 6.45) is -4.33. The number of alkyl halides is 3. The quantitative estimate of drug-likeness (QED) is 0.796. The molecule has 0 fully saturated rings. The highest BCUT2D eigenvalue weighted by molar-refractivity contribution is 5.94. The van der Waals surface area contributed by atoms with E-state index in [0.717, 1.165) is 0 Å². The molecule has 27 heavy (non-hydrogen) atoms. The molecule has 2 aromatic rings. The van der Waals surface area contributed by atoms with Gasteiger partial charge in [0.05, 0.1) is 11.7 Å². The number of aromatic nitrogens is 1. The number of pyridine rings is 1. The Bertz CT molecular complexity index is 838. The lowest BCUT2D eigenvalue weighted by molar-refractivity contribution is -0.123. The first kappa shape index (κ1) is 18.9. The van der Waals surface area contributed by atoms with Gasteiger partial charge in [0.25, 0.3) is 5.91 Å². The second-order valence-corrected chi connectivity index (χ2v) is 6.31. The summed E-state index contributed by atoms with van der Waals surface area (Å²) in [5.41, 5.74) is 1.50. The van der Waals surface area contributed by atoms with Crippen LogP contribution in [0.4, 0.5) is 23.2 Å². The van der Waals surface area contributed by atoms with Crippen molar-refractivity contribution in [3.05, 3.63) is 53.0 Å². The molecule has 0 radical (unpaired) electrons. The number of anilines is 1. The molecule has 144 valence electrons. The van der Waals surface area contributed by atoms with E-state index in [2.05, 4.69) is 10.3 Å². The van der Waals surface area contributed by atoms with Gasteiger partial charge in [-0.3, -0.25) is 4.79 Å². The van der Waals surface area contributed by atoms with Crippen LogP contribution in [0.3, 0.4) is 0 Å². The molecule has 0 saturated carbocycles. The fourth-order valence-electron chi connectivity index (χ4n) is 2.68. The number of hydrogen-bond acceptors (Lipinski definition) is 4. The predicted molar refractivity (Wildman–Crippen MR) is 90.4 cm³/mol. The van der Waals surface area contributed by atoms with Crippen LogP contribution < -0.4 is 15.4 Å². The molecule has 1 aliphatic rings. The summed E-state index contributed by atoms with van der Waals surface area (Å²) in [5.74, 6) is -1.20. The third-order valence-electron chi connectivity index (χ3n) is 3.91. The fourth-order valence-corrected chi connectivity index (χ4v) is 2.68. The van der Waals surface area contributed by atoms with E-state index >= 15 is 0 Å². The van der Waals surface area contributed by atoms with Crippen LogP contribution in [0.15, 0.2) is 30.3 Å². The Hall–Kier alpha value is -2.84. The van der Waals surface area contributed by atoms with Gasteiger partial charge in [0.15, 0.2) is 0 Å². The standard InChI is InChI=1S/C18H17F4N3O2/c1-10-8-27-17-14(24-10)7-12(6-11-2-4-13(19)5-3-11)15(25-17)16(26)23-9-18(20,21)22/h2-5,7,10,24H,6,8-9H2,1H3,(H,23,26)/t10-/m0/s1. The zero-order valence-electron chi connectivity index (χ0n) is 14.4. The number of carbonyl (C=O) groups excluding carboxylic acids is 1. The predicted octanol–water partition coefficient (Wildman–Crippen LogP) is 3.30. The monoisotopic (exact) mass is 383 g/mol. The number of benzene rings is 1. The first-order chi connectivity index (χ1) is 12.7. The molecule has 1 amide bonds. The van der Waals surface area contributed by atoms with Crippen LogP contribution in [-0.2, 0) is 6.42 Å². The molecule has 0 saturated heterocycles. The van der Waals surface area contributed by atoms with E-state index in [1.54, 1.807) is 18.2 Å². The third-order valence-corrected chi connectivity index (χ3v) is 3.91. The van der Waals surface area contributed by atoms with Gasteiger partial charge >= 0.3 is 6.18 Å². The topological polar surface area (TPSA) is 63.2 Å². The maximum atomic E-state index is 13.1. The van der Waals surface area contributed by atoms with E-state index in [0.29, 0.717) is 23.4 Å². The minimum Gasteiger partial charge on any atom is -0.474 e. The van der Waals surface area contributed by atoms with Gasteiger partial charge in [0.2, 0.25) is 5.88 Å². The summed E-state index contributed by atoms with van der Waals surface area (Å²) in [5, 5.41) is 4.99. The Labute approximate surface area is 152 Å². The van der Waals surface area contributed by atoms with Gasteiger partial charge in [-0.15, -0.1) is 0 Å². The number of hydrogen-bond donors (Lipinski definition) is 2. The van der Waals surface area contributed by atoms with Crippen molar-refractivity contribution in [2.75, 3.05) is 18.5 Å². The van der Waals surface area contributed by atoms with Crippen molar-refractivity contribution >= 4 is 11.6 Å². The van der Waals surface area contributed by atoms with Crippen LogP contribution in [-0.4, -0.2) is 36.3 Å². The summed E-state index contributed by atoms with van der Waals surface area (Å²) < 4.78 is 55.9. The summed E-state index contributed by atoms with van der Waals surface area (Å²) in [7, 11) is 0. The first-order valence-corrected chi connectivity index (χ1v) is 8.24. The van der Waals surface area contributed by atoms with E-state index in [1.807, 2.05) is 12.2 Å². The van der Waals surface area contributed by atoms with Gasteiger partial charge in [0.1, 0.15) is 24.7 Å². The number of rotatable bonds is 4. The van der Waals surface area contributed by atoms with E-state index in [4.69, 9.17) is 4.74 Å². The molecule has 1 aromatic heterocycles. The molecule has 0 aliphatic carbocycles. The Morgan fingerprint density at radius 3 is 2.70 bits per heavy atom. The second kappa shape index (κ2) is 7.42. The van der Waals surface area contributed by atoms with Gasteiger partial charge < -0.3 is 15.4 Å². The molecule has 1 atom stereocenters. The molecule has 2 heterocycles. The molecule has 0 unspecified atom stereocenters. The van der Waals surface area contributed by atoms with Crippen LogP contribution in [0, 0.1) is 5.82 Å². The summed E-state index contributed by atoms with van der Waals surface area (Å²) in [6, 6.07) is 7.27. The van der Waals surface area contributed by atoms with Crippen LogP contribution in [0.1, 0.15) is 28.5 Å². The fraction of sp³-hybridized carbons (Fsp3) is 0.333. The van der Waals surface area contributed by atoms with Crippen molar-refractivity contribution < 1.29 is 27.1 Å². The highest BCUT2D eigenvalue weighted by Crippen LogP contribution is 2.30. The third kappa shape index (κ3) is 4.87. The van der Waals surface area contributed by atoms with E-state index in [9.17, 15) is 22.4 Å². The van der Waals surface area contributed by atoms with E-state index in [1.165, 1.54) is 12.1 Å². The Morgan fingerprint density at radius 2 is 2.04 bits per heavy atom. The Morgan fingerprint density at radius 1 is 1.33 bits per heavy atom. The average molecular weight is 383 g/mol. The van der Waals surface area contributed by atoms with Gasteiger partial charge in [0, 0.05) is 0 Å². The Balaban J connectivity index is 1.93. The summed E-state index contributed by atoms with van der Waals surface area (Å²) in [4.78, 5) is 16.4. The first-order valence-electron chi connectivity index (χ1n) is 8.24. The van der Waals surface area contributed by atoms with Crippen molar-refractivity contribution in [3.8, 4) is 5.88 Å². The minimum atomic E-state index is -4.53. The molecule has 9 heteroatoms. The Kier molecular flexibility index (Phi) is 5.20. The highest BCUT2D eigenvalue weighted by atomic mass is 19.4. The van der Waals surface area contributed by atoms with Gasteiger partial charge in [-0.25, -0.2) is 9.37 Å². The molecule has 2 N–H and O–H groups in total. The molecule has 3 rings (SSSR count). The van der Waals surface area contributed by atoms with Crippen molar-refractivity contribution in [1.29, 1.82) is 0 Å². The largest absolute Gasteiger partial charge is 0.474 e.